The van der Waals surface area contributed by atoms with Crippen LogP contribution in [0.15, 0.2) is 40.2 Å². The summed E-state index contributed by atoms with van der Waals surface area (Å²) in [6.45, 7) is 0.283. The molecular weight excluding hydrogens is 392 g/mol. The molecule has 1 aromatic heterocycles. The molecule has 0 saturated carbocycles. The average Bonchev–Trinajstić information content (AvgIpc) is 2.82. The smallest absolute Gasteiger partial charge is 0.216 e. The number of halogens is 1. The van der Waals surface area contributed by atoms with Crippen LogP contribution in [0.3, 0.4) is 0 Å². The Kier molecular flexibility index (Phi) is 5.50. The Labute approximate surface area is 141 Å². The predicted molar refractivity (Wildman–Crippen MR) is 93.8 cm³/mol. The molecule has 21 heavy (non-hydrogen) atoms. The fourth-order valence-electron chi connectivity index (χ4n) is 1.66. The second-order valence-electron chi connectivity index (χ2n) is 4.33. The number of hydrogen-bond donors (Lipinski definition) is 2. The highest BCUT2D eigenvalue weighted by Gasteiger charge is 2.13. The van der Waals surface area contributed by atoms with Crippen LogP contribution in [0.4, 0.5) is 0 Å². The van der Waals surface area contributed by atoms with Crippen LogP contribution in [0.1, 0.15) is 16.0 Å². The summed E-state index contributed by atoms with van der Waals surface area (Å²) in [5.74, 6) is -0.0758. The molecule has 1 aromatic carbocycles. The van der Waals surface area contributed by atoms with Crippen molar-refractivity contribution in [2.45, 2.75) is 12.3 Å². The highest BCUT2D eigenvalue weighted by Crippen LogP contribution is 2.22. The fraction of sp³-hybridized carbons (Fsp3) is 0.154. The van der Waals surface area contributed by atoms with Crippen molar-refractivity contribution >= 4 is 54.5 Å². The van der Waals surface area contributed by atoms with Crippen molar-refractivity contribution in [1.82, 2.24) is 4.72 Å². The van der Waals surface area contributed by atoms with E-state index in [-0.39, 0.29) is 12.3 Å². The summed E-state index contributed by atoms with van der Waals surface area (Å²) >= 11 is 9.73. The zero-order valence-electron chi connectivity index (χ0n) is 10.9. The topological polar surface area (TPSA) is 72.2 Å². The highest BCUT2D eigenvalue weighted by molar-refractivity contribution is 9.10. The molecule has 4 nitrogen and oxygen atoms in total. The van der Waals surface area contributed by atoms with Gasteiger partial charge in [0, 0.05) is 21.5 Å². The van der Waals surface area contributed by atoms with Crippen LogP contribution in [-0.4, -0.2) is 13.4 Å². The van der Waals surface area contributed by atoms with Gasteiger partial charge in [0.2, 0.25) is 10.0 Å². The first kappa shape index (κ1) is 16.6. The Morgan fingerprint density at radius 2 is 1.95 bits per heavy atom. The van der Waals surface area contributed by atoms with Gasteiger partial charge in [-0.15, -0.1) is 11.3 Å². The molecule has 0 fully saturated rings. The maximum absolute atomic E-state index is 12.1. The predicted octanol–water partition coefficient (Wildman–Crippen LogP) is 2.76. The van der Waals surface area contributed by atoms with Gasteiger partial charge in [0.1, 0.15) is 4.99 Å². The van der Waals surface area contributed by atoms with Crippen molar-refractivity contribution in [3.63, 3.8) is 0 Å². The van der Waals surface area contributed by atoms with Crippen molar-refractivity contribution in [2.24, 2.45) is 5.73 Å². The quantitative estimate of drug-likeness (QED) is 0.725. The molecule has 2 rings (SSSR count). The average molecular weight is 405 g/mol. The van der Waals surface area contributed by atoms with Crippen molar-refractivity contribution in [1.29, 1.82) is 0 Å². The van der Waals surface area contributed by atoms with Crippen molar-refractivity contribution in [3.8, 4) is 0 Å². The third-order valence-corrected chi connectivity index (χ3v) is 6.20. The van der Waals surface area contributed by atoms with E-state index < -0.39 is 10.0 Å². The first-order chi connectivity index (χ1) is 9.87. The van der Waals surface area contributed by atoms with E-state index in [1.54, 1.807) is 24.3 Å². The van der Waals surface area contributed by atoms with E-state index in [0.29, 0.717) is 10.6 Å². The number of thiocarbonyl (C=S) groups is 1. The zero-order chi connectivity index (χ0) is 15.5. The molecule has 0 amide bonds. The summed E-state index contributed by atoms with van der Waals surface area (Å²) in [7, 11) is -3.39. The van der Waals surface area contributed by atoms with Crippen molar-refractivity contribution in [2.75, 3.05) is 0 Å². The van der Waals surface area contributed by atoms with E-state index in [1.807, 2.05) is 11.4 Å². The Morgan fingerprint density at radius 1 is 1.29 bits per heavy atom. The monoisotopic (exact) mass is 404 g/mol. The largest absolute Gasteiger partial charge is 0.389 e. The van der Waals surface area contributed by atoms with E-state index in [9.17, 15) is 8.42 Å². The molecule has 3 N–H and O–H groups in total. The summed E-state index contributed by atoms with van der Waals surface area (Å²) in [4.78, 5) is 1.24. The van der Waals surface area contributed by atoms with Gasteiger partial charge in [-0.2, -0.15) is 0 Å². The van der Waals surface area contributed by atoms with Gasteiger partial charge in [-0.05, 0) is 32.9 Å². The lowest BCUT2D eigenvalue weighted by molar-refractivity contribution is 0.581. The molecule has 0 unspecified atom stereocenters. The standard InChI is InChI=1S/C13H13BrN2O2S3/c14-11-5-6-20-12(11)7-16-21(17,18)8-9-1-3-10(4-2-9)13(15)19/h1-6,16H,7-8H2,(H2,15,19). The van der Waals surface area contributed by atoms with E-state index in [1.165, 1.54) is 11.3 Å². The first-order valence-electron chi connectivity index (χ1n) is 5.95. The molecule has 0 saturated heterocycles. The Morgan fingerprint density at radius 3 is 2.48 bits per heavy atom. The normalized spacial score (nSPS) is 11.5. The van der Waals surface area contributed by atoms with Crippen molar-refractivity contribution in [3.05, 3.63) is 56.2 Å². The minimum absolute atomic E-state index is 0.0758. The van der Waals surface area contributed by atoms with E-state index in [2.05, 4.69) is 20.7 Å². The second kappa shape index (κ2) is 6.97. The molecule has 0 spiro atoms. The number of nitrogens with two attached hydrogens (primary N) is 1. The van der Waals surface area contributed by atoms with E-state index in [4.69, 9.17) is 18.0 Å². The summed E-state index contributed by atoms with van der Waals surface area (Å²) in [6, 6.07) is 8.78. The summed E-state index contributed by atoms with van der Waals surface area (Å²) in [5, 5.41) is 1.90. The SMILES string of the molecule is NC(=S)c1ccc(CS(=O)(=O)NCc2sccc2Br)cc1. The molecule has 0 aliphatic rings. The zero-order valence-corrected chi connectivity index (χ0v) is 14.9. The third-order valence-electron chi connectivity index (χ3n) is 2.74. The molecule has 2 aromatic rings. The summed E-state index contributed by atoms with van der Waals surface area (Å²) in [5.41, 5.74) is 6.92. The van der Waals surface area contributed by atoms with Crippen molar-refractivity contribution < 1.29 is 8.42 Å². The summed E-state index contributed by atoms with van der Waals surface area (Å²) in [6.07, 6.45) is 0. The highest BCUT2D eigenvalue weighted by atomic mass is 79.9. The molecule has 1 heterocycles. The third kappa shape index (κ3) is 4.86. The number of hydrogen-bond acceptors (Lipinski definition) is 4. The molecule has 0 aliphatic heterocycles. The van der Waals surface area contributed by atoms with Gasteiger partial charge in [0.25, 0.3) is 0 Å². The van der Waals surface area contributed by atoms with Crippen LogP contribution in [-0.2, 0) is 22.3 Å². The number of sulfonamides is 1. The van der Waals surface area contributed by atoms with Gasteiger partial charge < -0.3 is 5.73 Å². The van der Waals surface area contributed by atoms with Gasteiger partial charge in [-0.25, -0.2) is 13.1 Å². The minimum Gasteiger partial charge on any atom is -0.389 e. The van der Waals surface area contributed by atoms with Crippen LogP contribution in [0, 0.1) is 0 Å². The number of thiophene rings is 1. The lowest BCUT2D eigenvalue weighted by Gasteiger charge is -2.07. The van der Waals surface area contributed by atoms with Crippen LogP contribution in [0.5, 0.6) is 0 Å². The lowest BCUT2D eigenvalue weighted by Crippen LogP contribution is -2.24. The number of benzene rings is 1. The molecule has 0 aliphatic carbocycles. The molecule has 8 heteroatoms. The number of rotatable bonds is 6. The van der Waals surface area contributed by atoms with Gasteiger partial charge in [-0.3, -0.25) is 0 Å². The van der Waals surface area contributed by atoms with E-state index in [0.717, 1.165) is 14.9 Å². The molecular formula is C13H13BrN2O2S3. The lowest BCUT2D eigenvalue weighted by atomic mass is 10.1. The van der Waals surface area contributed by atoms with Crippen LogP contribution in [0.2, 0.25) is 0 Å². The Balaban J connectivity index is 2.00. The Bertz CT molecular complexity index is 739. The summed E-state index contributed by atoms with van der Waals surface area (Å²) < 4.78 is 27.6. The van der Waals surface area contributed by atoms with Crippen LogP contribution < -0.4 is 10.5 Å². The minimum atomic E-state index is -3.39. The van der Waals surface area contributed by atoms with Crippen LogP contribution >= 0.6 is 39.5 Å². The molecule has 0 atom stereocenters. The van der Waals surface area contributed by atoms with Gasteiger partial charge in [0.15, 0.2) is 0 Å². The second-order valence-corrected chi connectivity index (χ2v) is 8.43. The molecule has 112 valence electrons. The molecule has 0 bridgehead atoms. The maximum atomic E-state index is 12.1. The molecule has 0 radical (unpaired) electrons. The van der Waals surface area contributed by atoms with Gasteiger partial charge in [-0.1, -0.05) is 36.5 Å². The van der Waals surface area contributed by atoms with Gasteiger partial charge >= 0.3 is 0 Å². The maximum Gasteiger partial charge on any atom is 0.216 e. The number of nitrogens with one attached hydrogen (secondary N) is 1. The van der Waals surface area contributed by atoms with E-state index >= 15 is 0 Å². The van der Waals surface area contributed by atoms with Gasteiger partial charge in [0.05, 0.1) is 5.75 Å². The fourth-order valence-corrected chi connectivity index (χ4v) is 4.42. The first-order valence-corrected chi connectivity index (χ1v) is 9.68. The Hall–Kier alpha value is -0.800. The van der Waals surface area contributed by atoms with Crippen LogP contribution in [0.25, 0.3) is 0 Å².